The van der Waals surface area contributed by atoms with Gasteiger partial charge in [0.25, 0.3) is 5.91 Å². The van der Waals surface area contributed by atoms with Gasteiger partial charge in [0.05, 0.1) is 19.8 Å². The molecule has 0 saturated heterocycles. The van der Waals surface area contributed by atoms with Gasteiger partial charge in [0.1, 0.15) is 5.75 Å². The minimum Gasteiger partial charge on any atom is -0.493 e. The van der Waals surface area contributed by atoms with Gasteiger partial charge in [-0.05, 0) is 37.1 Å². The van der Waals surface area contributed by atoms with E-state index in [1.54, 1.807) is 12.1 Å². The van der Waals surface area contributed by atoms with E-state index in [9.17, 15) is 4.79 Å². The molecule has 0 saturated carbocycles. The fourth-order valence-corrected chi connectivity index (χ4v) is 1.55. The highest BCUT2D eigenvalue weighted by Gasteiger charge is 2.05. The summed E-state index contributed by atoms with van der Waals surface area (Å²) in [5.41, 5.74) is 1.59. The average molecular weight is 291 g/mol. The quantitative estimate of drug-likeness (QED) is 0.562. The molecule has 21 heavy (non-hydrogen) atoms. The second-order valence-electron chi connectivity index (χ2n) is 5.49. The molecule has 0 unspecified atom stereocenters. The van der Waals surface area contributed by atoms with E-state index in [0.717, 1.165) is 11.3 Å². The monoisotopic (exact) mass is 291 g/mol. The normalized spacial score (nSPS) is 10.5. The Labute approximate surface area is 127 Å². The lowest BCUT2D eigenvalue weighted by atomic mass is 10.2. The van der Waals surface area contributed by atoms with Gasteiger partial charge in [0, 0.05) is 12.1 Å². The predicted molar refractivity (Wildman–Crippen MR) is 84.7 cm³/mol. The maximum Gasteiger partial charge on any atom is 0.251 e. The number of hydrogen-bond acceptors (Lipinski definition) is 3. The summed E-state index contributed by atoms with van der Waals surface area (Å²) < 4.78 is 10.9. The van der Waals surface area contributed by atoms with Gasteiger partial charge < -0.3 is 14.8 Å². The van der Waals surface area contributed by atoms with Gasteiger partial charge in [-0.25, -0.2) is 0 Å². The van der Waals surface area contributed by atoms with E-state index in [1.807, 2.05) is 19.1 Å². The van der Waals surface area contributed by atoms with Crippen LogP contribution in [-0.2, 0) is 4.74 Å². The van der Waals surface area contributed by atoms with Gasteiger partial charge in [-0.3, -0.25) is 4.79 Å². The summed E-state index contributed by atoms with van der Waals surface area (Å²) in [7, 11) is 0. The average Bonchev–Trinajstić information content (AvgIpc) is 2.44. The van der Waals surface area contributed by atoms with Crippen LogP contribution in [0.25, 0.3) is 0 Å². The van der Waals surface area contributed by atoms with Crippen LogP contribution in [0.2, 0.25) is 0 Å². The third-order valence-corrected chi connectivity index (χ3v) is 2.58. The highest BCUT2D eigenvalue weighted by atomic mass is 16.5. The van der Waals surface area contributed by atoms with E-state index in [2.05, 4.69) is 25.7 Å². The smallest absolute Gasteiger partial charge is 0.251 e. The molecule has 0 aliphatic rings. The van der Waals surface area contributed by atoms with Crippen LogP contribution in [-0.4, -0.2) is 32.3 Å². The van der Waals surface area contributed by atoms with Crippen LogP contribution >= 0.6 is 0 Å². The fourth-order valence-electron chi connectivity index (χ4n) is 1.55. The fraction of sp³-hybridized carbons (Fsp3) is 0.471. The van der Waals surface area contributed by atoms with Crippen molar-refractivity contribution in [3.63, 3.8) is 0 Å². The maximum atomic E-state index is 11.9. The predicted octanol–water partition coefficient (Wildman–Crippen LogP) is 3.04. The zero-order valence-corrected chi connectivity index (χ0v) is 13.1. The minimum absolute atomic E-state index is 0.107. The summed E-state index contributed by atoms with van der Waals surface area (Å²) in [4.78, 5) is 11.9. The molecule has 0 bridgehead atoms. The molecule has 0 spiro atoms. The van der Waals surface area contributed by atoms with Gasteiger partial charge >= 0.3 is 0 Å². The van der Waals surface area contributed by atoms with E-state index in [-0.39, 0.29) is 5.91 Å². The van der Waals surface area contributed by atoms with E-state index in [0.29, 0.717) is 37.8 Å². The van der Waals surface area contributed by atoms with Gasteiger partial charge in [0.15, 0.2) is 0 Å². The first kappa shape index (κ1) is 17.2. The number of amides is 1. The van der Waals surface area contributed by atoms with Crippen molar-refractivity contribution in [2.75, 3.05) is 26.4 Å². The van der Waals surface area contributed by atoms with Crippen LogP contribution in [0.1, 0.15) is 31.1 Å². The SMILES string of the molecule is C=C(C)COCCNC(=O)c1ccc(OCC(C)C)cc1. The Hall–Kier alpha value is -1.81. The molecule has 1 aromatic rings. The third-order valence-electron chi connectivity index (χ3n) is 2.58. The lowest BCUT2D eigenvalue weighted by molar-refractivity contribution is 0.0926. The minimum atomic E-state index is -0.107. The van der Waals surface area contributed by atoms with Crippen molar-refractivity contribution in [3.05, 3.63) is 42.0 Å². The highest BCUT2D eigenvalue weighted by molar-refractivity contribution is 5.94. The summed E-state index contributed by atoms with van der Waals surface area (Å²) >= 11 is 0. The second kappa shape index (κ2) is 9.19. The molecule has 1 N–H and O–H groups in total. The number of carbonyl (C=O) groups is 1. The molecule has 0 aliphatic heterocycles. The second-order valence-corrected chi connectivity index (χ2v) is 5.49. The standard InChI is InChI=1S/C17H25NO3/c1-13(2)11-20-10-9-18-17(19)15-5-7-16(8-6-15)21-12-14(3)4/h5-8,14H,1,9-12H2,2-4H3,(H,18,19). The highest BCUT2D eigenvalue weighted by Crippen LogP contribution is 2.13. The molecule has 1 aromatic carbocycles. The number of carbonyl (C=O) groups excluding carboxylic acids is 1. The molecule has 1 amide bonds. The molecule has 0 aromatic heterocycles. The topological polar surface area (TPSA) is 47.6 Å². The van der Waals surface area contributed by atoms with Crippen molar-refractivity contribution in [1.82, 2.24) is 5.32 Å². The number of hydrogen-bond donors (Lipinski definition) is 1. The summed E-state index contributed by atoms with van der Waals surface area (Å²) in [5.74, 6) is 1.15. The Morgan fingerprint density at radius 3 is 2.52 bits per heavy atom. The zero-order chi connectivity index (χ0) is 15.7. The third kappa shape index (κ3) is 7.51. The lowest BCUT2D eigenvalue weighted by Crippen LogP contribution is -2.27. The van der Waals surface area contributed by atoms with Gasteiger partial charge in [-0.1, -0.05) is 26.0 Å². The van der Waals surface area contributed by atoms with Crippen LogP contribution in [0.15, 0.2) is 36.4 Å². The van der Waals surface area contributed by atoms with Crippen molar-refractivity contribution in [2.24, 2.45) is 5.92 Å². The molecule has 1 rings (SSSR count). The summed E-state index contributed by atoms with van der Waals surface area (Å²) in [5, 5.41) is 2.81. The Kier molecular flexibility index (Phi) is 7.54. The Balaban J connectivity index is 2.32. The summed E-state index contributed by atoms with van der Waals surface area (Å²) in [6, 6.07) is 7.16. The Bertz CT molecular complexity index is 452. The number of nitrogens with one attached hydrogen (secondary N) is 1. The first-order valence-electron chi connectivity index (χ1n) is 7.22. The van der Waals surface area contributed by atoms with Gasteiger partial charge in [-0.2, -0.15) is 0 Å². The van der Waals surface area contributed by atoms with Crippen LogP contribution < -0.4 is 10.1 Å². The first-order chi connectivity index (χ1) is 9.99. The first-order valence-corrected chi connectivity index (χ1v) is 7.22. The number of rotatable bonds is 9. The van der Waals surface area contributed by atoms with Crippen molar-refractivity contribution < 1.29 is 14.3 Å². The molecule has 4 heteroatoms. The zero-order valence-electron chi connectivity index (χ0n) is 13.1. The summed E-state index contributed by atoms with van der Waals surface area (Å²) in [6.07, 6.45) is 0. The largest absolute Gasteiger partial charge is 0.493 e. The summed E-state index contributed by atoms with van der Waals surface area (Å²) in [6.45, 7) is 12.0. The van der Waals surface area contributed by atoms with E-state index in [1.165, 1.54) is 0 Å². The van der Waals surface area contributed by atoms with Crippen molar-refractivity contribution >= 4 is 5.91 Å². The lowest BCUT2D eigenvalue weighted by Gasteiger charge is -2.09. The molecule has 0 aliphatic carbocycles. The Morgan fingerprint density at radius 1 is 1.29 bits per heavy atom. The molecular weight excluding hydrogens is 266 g/mol. The van der Waals surface area contributed by atoms with E-state index < -0.39 is 0 Å². The Morgan fingerprint density at radius 2 is 1.95 bits per heavy atom. The van der Waals surface area contributed by atoms with Crippen LogP contribution in [0.5, 0.6) is 5.75 Å². The molecular formula is C17H25NO3. The molecule has 0 heterocycles. The molecule has 4 nitrogen and oxygen atoms in total. The van der Waals surface area contributed by atoms with Crippen molar-refractivity contribution in [2.45, 2.75) is 20.8 Å². The maximum absolute atomic E-state index is 11.9. The van der Waals surface area contributed by atoms with Gasteiger partial charge in [0.2, 0.25) is 0 Å². The van der Waals surface area contributed by atoms with E-state index >= 15 is 0 Å². The van der Waals surface area contributed by atoms with Crippen LogP contribution in [0.4, 0.5) is 0 Å². The molecule has 116 valence electrons. The van der Waals surface area contributed by atoms with Crippen LogP contribution in [0, 0.1) is 5.92 Å². The number of benzene rings is 1. The van der Waals surface area contributed by atoms with E-state index in [4.69, 9.17) is 9.47 Å². The molecule has 0 atom stereocenters. The van der Waals surface area contributed by atoms with Crippen molar-refractivity contribution in [3.8, 4) is 5.75 Å². The molecule has 0 radical (unpaired) electrons. The van der Waals surface area contributed by atoms with Crippen LogP contribution in [0.3, 0.4) is 0 Å². The van der Waals surface area contributed by atoms with Gasteiger partial charge in [-0.15, -0.1) is 0 Å². The molecule has 0 fully saturated rings. The number of ether oxygens (including phenoxy) is 2. The van der Waals surface area contributed by atoms with Crippen molar-refractivity contribution in [1.29, 1.82) is 0 Å².